The Hall–Kier alpha value is -2.71. The van der Waals surface area contributed by atoms with Gasteiger partial charge in [0, 0.05) is 0 Å². The normalized spacial score (nSPS) is 11.3. The molecule has 0 spiro atoms. The average Bonchev–Trinajstić information content (AvgIpc) is 2.78. The summed E-state index contributed by atoms with van der Waals surface area (Å²) in [6.45, 7) is 0.111. The second-order valence-corrected chi connectivity index (χ2v) is 7.80. The van der Waals surface area contributed by atoms with Gasteiger partial charge >= 0.3 is 5.97 Å². The molecule has 0 aliphatic heterocycles. The van der Waals surface area contributed by atoms with E-state index < -0.39 is 30.4 Å². The van der Waals surface area contributed by atoms with Crippen LogP contribution in [-0.2, 0) is 14.3 Å². The number of nitrogens with one attached hydrogen (secondary N) is 2. The molecule has 1 unspecified atom stereocenters. The van der Waals surface area contributed by atoms with Crippen LogP contribution < -0.4 is 15.4 Å². The van der Waals surface area contributed by atoms with Crippen LogP contribution in [0.4, 0.5) is 0 Å². The summed E-state index contributed by atoms with van der Waals surface area (Å²) in [6, 6.07) is 14.9. The Morgan fingerprint density at radius 1 is 1.06 bits per heavy atom. The van der Waals surface area contributed by atoms with E-state index in [1.54, 1.807) is 24.3 Å². The average molecular weight is 465 g/mol. The van der Waals surface area contributed by atoms with Gasteiger partial charge in [-0.3, -0.25) is 9.59 Å². The summed E-state index contributed by atoms with van der Waals surface area (Å²) in [6.07, 6.45) is 2.26. The van der Waals surface area contributed by atoms with Crippen LogP contribution in [0.5, 0.6) is 5.75 Å². The lowest BCUT2D eigenvalue weighted by Gasteiger charge is -2.17. The molecule has 0 aromatic heterocycles. The number of ether oxygens (including phenoxy) is 2. The van der Waals surface area contributed by atoms with Gasteiger partial charge in [0.05, 0.1) is 17.1 Å². The van der Waals surface area contributed by atoms with Gasteiger partial charge in [0.15, 0.2) is 6.61 Å². The highest BCUT2D eigenvalue weighted by Gasteiger charge is 2.24. The summed E-state index contributed by atoms with van der Waals surface area (Å²) in [5, 5.41) is 5.54. The summed E-state index contributed by atoms with van der Waals surface area (Å²) in [5.74, 6) is -0.271. The second-order valence-electron chi connectivity index (χ2n) is 6.41. The van der Waals surface area contributed by atoms with Crippen LogP contribution in [0.15, 0.2) is 54.6 Å². The van der Waals surface area contributed by atoms with Gasteiger partial charge in [0.2, 0.25) is 0 Å². The lowest BCUT2D eigenvalue weighted by molar-refractivity contribution is -0.150. The standard InChI is InChI=1S/C22H25ClN2O5S/c1-31-14-11-19(25-21(27)17-9-5-6-10-18(17)23)22(28)30-15-20(26)24-12-13-29-16-7-3-2-4-8-16/h2-10,19H,11-15H2,1H3,(H,24,26)(H,25,27). The third-order valence-corrected chi connectivity index (χ3v) is 5.07. The molecule has 0 bridgehead atoms. The van der Waals surface area contributed by atoms with Gasteiger partial charge in [-0.1, -0.05) is 41.9 Å². The Bertz CT molecular complexity index is 866. The van der Waals surface area contributed by atoms with Crippen LogP contribution in [0.3, 0.4) is 0 Å². The summed E-state index contributed by atoms with van der Waals surface area (Å²) in [5.41, 5.74) is 0.266. The lowest BCUT2D eigenvalue weighted by Crippen LogP contribution is -2.43. The third kappa shape index (κ3) is 8.90. The van der Waals surface area contributed by atoms with E-state index in [9.17, 15) is 14.4 Å². The Balaban J connectivity index is 1.78. The van der Waals surface area contributed by atoms with E-state index >= 15 is 0 Å². The highest BCUT2D eigenvalue weighted by molar-refractivity contribution is 7.98. The highest BCUT2D eigenvalue weighted by Crippen LogP contribution is 2.15. The van der Waals surface area contributed by atoms with Crippen LogP contribution in [0.2, 0.25) is 5.02 Å². The van der Waals surface area contributed by atoms with Gasteiger partial charge < -0.3 is 20.1 Å². The summed E-state index contributed by atoms with van der Waals surface area (Å²) in [7, 11) is 0. The first-order chi connectivity index (χ1) is 15.0. The largest absolute Gasteiger partial charge is 0.492 e. The van der Waals surface area contributed by atoms with E-state index in [4.69, 9.17) is 21.1 Å². The SMILES string of the molecule is CSCCC(NC(=O)c1ccccc1Cl)C(=O)OCC(=O)NCCOc1ccccc1. The van der Waals surface area contributed by atoms with Crippen LogP contribution in [0, 0.1) is 0 Å². The second kappa shape index (κ2) is 13.6. The van der Waals surface area contributed by atoms with Gasteiger partial charge in [-0.2, -0.15) is 11.8 Å². The van der Waals surface area contributed by atoms with E-state index in [-0.39, 0.29) is 23.7 Å². The maximum atomic E-state index is 12.5. The minimum Gasteiger partial charge on any atom is -0.492 e. The lowest BCUT2D eigenvalue weighted by atomic mass is 10.1. The van der Waals surface area contributed by atoms with Crippen molar-refractivity contribution in [2.45, 2.75) is 12.5 Å². The van der Waals surface area contributed by atoms with Crippen molar-refractivity contribution in [1.29, 1.82) is 0 Å². The number of thioether (sulfide) groups is 1. The zero-order valence-electron chi connectivity index (χ0n) is 17.1. The minimum absolute atomic E-state index is 0.266. The maximum Gasteiger partial charge on any atom is 0.329 e. The molecule has 166 valence electrons. The number of carbonyl (C=O) groups excluding carboxylic acids is 3. The number of hydrogen-bond donors (Lipinski definition) is 2. The topological polar surface area (TPSA) is 93.7 Å². The van der Waals surface area contributed by atoms with E-state index in [1.807, 2.05) is 36.6 Å². The van der Waals surface area contributed by atoms with Crippen molar-refractivity contribution in [2.24, 2.45) is 0 Å². The van der Waals surface area contributed by atoms with E-state index in [0.29, 0.717) is 17.9 Å². The van der Waals surface area contributed by atoms with Crippen LogP contribution in [0.1, 0.15) is 16.8 Å². The van der Waals surface area contributed by atoms with Crippen LogP contribution in [-0.4, -0.2) is 55.6 Å². The van der Waals surface area contributed by atoms with Crippen molar-refractivity contribution in [2.75, 3.05) is 31.8 Å². The molecule has 1 atom stereocenters. The number of benzene rings is 2. The molecule has 0 saturated carbocycles. The number of halogens is 1. The van der Waals surface area contributed by atoms with Gasteiger partial charge in [-0.05, 0) is 42.7 Å². The zero-order valence-corrected chi connectivity index (χ0v) is 18.7. The van der Waals surface area contributed by atoms with Crippen molar-refractivity contribution in [3.8, 4) is 5.75 Å². The first-order valence-electron chi connectivity index (χ1n) is 9.66. The molecule has 2 aromatic rings. The number of carbonyl (C=O) groups is 3. The van der Waals surface area contributed by atoms with Gasteiger partial charge in [-0.25, -0.2) is 4.79 Å². The molecule has 31 heavy (non-hydrogen) atoms. The highest BCUT2D eigenvalue weighted by atomic mass is 35.5. The van der Waals surface area contributed by atoms with E-state index in [2.05, 4.69) is 10.6 Å². The summed E-state index contributed by atoms with van der Waals surface area (Å²) < 4.78 is 10.6. The number of rotatable bonds is 12. The van der Waals surface area contributed by atoms with Crippen molar-refractivity contribution in [3.63, 3.8) is 0 Å². The van der Waals surface area contributed by atoms with Crippen LogP contribution >= 0.6 is 23.4 Å². The Morgan fingerprint density at radius 2 is 1.77 bits per heavy atom. The minimum atomic E-state index is -0.884. The molecular weight excluding hydrogens is 440 g/mol. The van der Waals surface area contributed by atoms with Gasteiger partial charge in [0.1, 0.15) is 18.4 Å². The predicted molar refractivity (Wildman–Crippen MR) is 122 cm³/mol. The van der Waals surface area contributed by atoms with Gasteiger partial charge in [-0.15, -0.1) is 0 Å². The predicted octanol–water partition coefficient (Wildman–Crippen LogP) is 2.93. The fraction of sp³-hybridized carbons (Fsp3) is 0.318. The van der Waals surface area contributed by atoms with Crippen molar-refractivity contribution < 1.29 is 23.9 Å². The number of para-hydroxylation sites is 1. The molecular formula is C22H25ClN2O5S. The molecule has 0 saturated heterocycles. The molecule has 0 radical (unpaired) electrons. The van der Waals surface area contributed by atoms with Crippen molar-refractivity contribution in [1.82, 2.24) is 10.6 Å². The zero-order chi connectivity index (χ0) is 22.5. The quantitative estimate of drug-likeness (QED) is 0.370. The first kappa shape index (κ1) is 24.6. The Labute approximate surface area is 190 Å². The molecule has 7 nitrogen and oxygen atoms in total. The molecule has 0 aliphatic rings. The number of hydrogen-bond acceptors (Lipinski definition) is 6. The maximum absolute atomic E-state index is 12.5. The monoisotopic (exact) mass is 464 g/mol. The molecule has 9 heteroatoms. The molecule has 0 aliphatic carbocycles. The molecule has 0 heterocycles. The molecule has 2 amide bonds. The van der Waals surface area contributed by atoms with Crippen molar-refractivity contribution in [3.05, 3.63) is 65.2 Å². The summed E-state index contributed by atoms with van der Waals surface area (Å²) in [4.78, 5) is 36.8. The number of esters is 1. The van der Waals surface area contributed by atoms with Crippen LogP contribution in [0.25, 0.3) is 0 Å². The molecule has 2 aromatic carbocycles. The summed E-state index contributed by atoms with van der Waals surface area (Å²) >= 11 is 7.58. The van der Waals surface area contributed by atoms with Gasteiger partial charge in [0.25, 0.3) is 11.8 Å². The molecule has 0 fully saturated rings. The Kier molecular flexibility index (Phi) is 10.7. The third-order valence-electron chi connectivity index (χ3n) is 4.10. The molecule has 2 rings (SSSR count). The van der Waals surface area contributed by atoms with E-state index in [1.165, 1.54) is 11.8 Å². The number of amides is 2. The molecule has 2 N–H and O–H groups in total. The van der Waals surface area contributed by atoms with E-state index in [0.717, 1.165) is 0 Å². The smallest absolute Gasteiger partial charge is 0.329 e. The first-order valence-corrected chi connectivity index (χ1v) is 11.4. The fourth-order valence-corrected chi connectivity index (χ4v) is 3.22. The van der Waals surface area contributed by atoms with Crippen molar-refractivity contribution >= 4 is 41.1 Å². The fourth-order valence-electron chi connectivity index (χ4n) is 2.53. The Morgan fingerprint density at radius 3 is 2.48 bits per heavy atom.